The molecule has 0 unspecified atom stereocenters. The van der Waals surface area contributed by atoms with Crippen molar-refractivity contribution in [3.8, 4) is 0 Å². The second-order valence-electron chi connectivity index (χ2n) is 11.7. The summed E-state index contributed by atoms with van der Waals surface area (Å²) in [7, 11) is 0. The normalized spacial score (nSPS) is 44.9. The van der Waals surface area contributed by atoms with Gasteiger partial charge in [-0.2, -0.15) is 0 Å². The summed E-state index contributed by atoms with van der Waals surface area (Å²) < 4.78 is 13.0. The van der Waals surface area contributed by atoms with Crippen LogP contribution in [-0.2, 0) is 25.7 Å². The molecule has 5 aliphatic rings. The van der Waals surface area contributed by atoms with Gasteiger partial charge in [0, 0.05) is 22.3 Å². The molecular formula is C29H34O7. The smallest absolute Gasteiger partial charge is 0.193 e. The minimum absolute atomic E-state index is 0.00109. The number of Topliss-reactive ketones (excluding diaryl/α,β-unsaturated/α-hetero) is 1. The molecule has 0 radical (unpaired) electrons. The summed E-state index contributed by atoms with van der Waals surface area (Å²) in [5.74, 6) is -0.278. The second kappa shape index (κ2) is 8.17. The Morgan fingerprint density at radius 2 is 1.92 bits per heavy atom. The minimum atomic E-state index is -1.35. The van der Waals surface area contributed by atoms with E-state index in [-0.39, 0.29) is 30.1 Å². The number of carbonyl (C=O) groups excluding carboxylic acids is 2. The van der Waals surface area contributed by atoms with E-state index < -0.39 is 47.3 Å². The Morgan fingerprint density at radius 1 is 1.17 bits per heavy atom. The van der Waals surface area contributed by atoms with Gasteiger partial charge in [-0.25, -0.2) is 0 Å². The molecule has 1 aromatic rings. The maximum absolute atomic E-state index is 13.5. The van der Waals surface area contributed by atoms with Gasteiger partial charge in [-0.3, -0.25) is 9.59 Å². The highest BCUT2D eigenvalue weighted by atomic mass is 16.7. The predicted octanol–water partition coefficient (Wildman–Crippen LogP) is 2.78. The van der Waals surface area contributed by atoms with Gasteiger partial charge in [-0.1, -0.05) is 49.8 Å². The molecule has 4 fully saturated rings. The zero-order chi connectivity index (χ0) is 25.5. The lowest BCUT2D eigenvalue weighted by Crippen LogP contribution is -2.63. The van der Waals surface area contributed by atoms with E-state index in [1.165, 1.54) is 0 Å². The Bertz CT molecular complexity index is 1150. The predicted molar refractivity (Wildman–Crippen MR) is 129 cm³/mol. The molecule has 192 valence electrons. The summed E-state index contributed by atoms with van der Waals surface area (Å²) in [5.41, 5.74) is 0.124. The van der Waals surface area contributed by atoms with Crippen molar-refractivity contribution in [2.75, 3.05) is 6.61 Å². The molecule has 1 aliphatic heterocycles. The molecule has 0 aromatic heterocycles. The van der Waals surface area contributed by atoms with Crippen molar-refractivity contribution < 1.29 is 34.4 Å². The number of aliphatic hydroxyl groups excluding tert-OH is 3. The van der Waals surface area contributed by atoms with Crippen LogP contribution in [0, 0.1) is 28.6 Å². The molecule has 6 rings (SSSR count). The quantitative estimate of drug-likeness (QED) is 0.590. The zero-order valence-corrected chi connectivity index (χ0v) is 20.7. The summed E-state index contributed by atoms with van der Waals surface area (Å²) in [4.78, 5) is 25.6. The number of hydrogen-bond donors (Lipinski definition) is 3. The van der Waals surface area contributed by atoms with Gasteiger partial charge in [0.2, 0.25) is 0 Å². The van der Waals surface area contributed by atoms with E-state index in [1.54, 1.807) is 24.3 Å². The first-order valence-corrected chi connectivity index (χ1v) is 13.0. The number of fused-ring (bicyclic) bond motifs is 7. The van der Waals surface area contributed by atoms with E-state index in [0.717, 1.165) is 29.5 Å². The Labute approximate surface area is 210 Å². The molecule has 36 heavy (non-hydrogen) atoms. The maximum atomic E-state index is 13.5. The van der Waals surface area contributed by atoms with E-state index in [0.29, 0.717) is 12.8 Å². The molecule has 7 nitrogen and oxygen atoms in total. The van der Waals surface area contributed by atoms with Crippen LogP contribution in [0.1, 0.15) is 56.9 Å². The zero-order valence-electron chi connectivity index (χ0n) is 20.7. The third-order valence-electron chi connectivity index (χ3n) is 10.2. The molecule has 3 N–H and O–H groups in total. The lowest BCUT2D eigenvalue weighted by molar-refractivity contribution is -0.201. The number of ketones is 2. The van der Waals surface area contributed by atoms with Gasteiger partial charge in [0.25, 0.3) is 0 Å². The van der Waals surface area contributed by atoms with Gasteiger partial charge in [0.1, 0.15) is 6.61 Å². The van der Waals surface area contributed by atoms with E-state index in [9.17, 15) is 24.9 Å². The lowest BCUT2D eigenvalue weighted by Gasteiger charge is -2.59. The molecule has 3 saturated carbocycles. The largest absolute Gasteiger partial charge is 0.393 e. The van der Waals surface area contributed by atoms with Crippen molar-refractivity contribution in [3.63, 3.8) is 0 Å². The first-order valence-electron chi connectivity index (χ1n) is 13.0. The van der Waals surface area contributed by atoms with Crippen LogP contribution in [0.3, 0.4) is 0 Å². The second-order valence-corrected chi connectivity index (χ2v) is 11.7. The molecule has 7 heteroatoms. The molecule has 9 atom stereocenters. The molecule has 0 bridgehead atoms. The number of ether oxygens (including phenoxy) is 2. The van der Waals surface area contributed by atoms with Crippen molar-refractivity contribution in [2.24, 2.45) is 28.6 Å². The summed E-state index contributed by atoms with van der Waals surface area (Å²) >= 11 is 0. The maximum Gasteiger partial charge on any atom is 0.193 e. The number of carbonyl (C=O) groups is 2. The summed E-state index contributed by atoms with van der Waals surface area (Å²) in [5, 5.41) is 31.1. The Balaban J connectivity index is 1.38. The van der Waals surface area contributed by atoms with Crippen LogP contribution in [0.4, 0.5) is 0 Å². The van der Waals surface area contributed by atoms with E-state index >= 15 is 0 Å². The highest BCUT2D eigenvalue weighted by Gasteiger charge is 2.75. The Hall–Kier alpha value is -2.16. The van der Waals surface area contributed by atoms with Crippen LogP contribution < -0.4 is 0 Å². The fraction of sp³-hybridized carbons (Fsp3) is 0.586. The number of rotatable bonds is 4. The SMILES string of the molecule is C[C@]12C=CC(=O)C=C1CC[C@@H]1[C@@H]2[C@@H](O)C[C@@]2(C)[C@H]1C[C@H]1O[C@H](c3ccc(CO)cc3)O[C@]12C(=O)CO. The van der Waals surface area contributed by atoms with Crippen molar-refractivity contribution in [1.29, 1.82) is 0 Å². The Kier molecular flexibility index (Phi) is 5.49. The highest BCUT2D eigenvalue weighted by molar-refractivity contribution is 6.01. The van der Waals surface area contributed by atoms with Crippen molar-refractivity contribution >= 4 is 11.6 Å². The van der Waals surface area contributed by atoms with Crippen molar-refractivity contribution in [3.05, 3.63) is 59.2 Å². The van der Waals surface area contributed by atoms with Gasteiger partial charge >= 0.3 is 0 Å². The van der Waals surface area contributed by atoms with Gasteiger partial charge in [-0.05, 0) is 55.2 Å². The molecule has 1 aromatic carbocycles. The van der Waals surface area contributed by atoms with E-state index in [2.05, 4.69) is 6.92 Å². The van der Waals surface area contributed by atoms with Crippen LogP contribution in [0.5, 0.6) is 0 Å². The number of hydrogen-bond acceptors (Lipinski definition) is 7. The molecule has 4 aliphatic carbocycles. The van der Waals surface area contributed by atoms with Crippen molar-refractivity contribution in [2.45, 2.75) is 70.2 Å². The fourth-order valence-electron chi connectivity index (χ4n) is 8.61. The van der Waals surface area contributed by atoms with E-state index in [4.69, 9.17) is 9.47 Å². The minimum Gasteiger partial charge on any atom is -0.393 e. The Morgan fingerprint density at radius 3 is 2.61 bits per heavy atom. The summed E-state index contributed by atoms with van der Waals surface area (Å²) in [6.07, 6.45) is 5.89. The number of benzene rings is 1. The first-order chi connectivity index (χ1) is 17.2. The van der Waals surface area contributed by atoms with Crippen molar-refractivity contribution in [1.82, 2.24) is 0 Å². The molecular weight excluding hydrogens is 460 g/mol. The summed E-state index contributed by atoms with van der Waals surface area (Å²) in [6.45, 7) is 3.42. The van der Waals surface area contributed by atoms with Crippen LogP contribution in [0.25, 0.3) is 0 Å². The van der Waals surface area contributed by atoms with Gasteiger partial charge in [-0.15, -0.1) is 0 Å². The van der Waals surface area contributed by atoms with Gasteiger partial charge < -0.3 is 24.8 Å². The topological polar surface area (TPSA) is 113 Å². The number of allylic oxidation sites excluding steroid dienone is 4. The third-order valence-corrected chi connectivity index (χ3v) is 10.2. The van der Waals surface area contributed by atoms with Gasteiger partial charge in [0.05, 0.1) is 18.8 Å². The lowest BCUT2D eigenvalue weighted by atomic mass is 9.46. The fourth-order valence-corrected chi connectivity index (χ4v) is 8.61. The molecule has 1 saturated heterocycles. The molecule has 0 spiro atoms. The number of aliphatic hydroxyl groups is 3. The van der Waals surface area contributed by atoms with Crippen LogP contribution in [0.2, 0.25) is 0 Å². The first kappa shape index (κ1) is 24.2. The highest BCUT2D eigenvalue weighted by Crippen LogP contribution is 2.70. The van der Waals surface area contributed by atoms with Gasteiger partial charge in [0.15, 0.2) is 23.5 Å². The summed E-state index contributed by atoms with van der Waals surface area (Å²) in [6, 6.07) is 7.25. The third kappa shape index (κ3) is 3.04. The van der Waals surface area contributed by atoms with Crippen LogP contribution >= 0.6 is 0 Å². The standard InChI is InChI=1S/C29H34O7/c1-27-10-9-19(32)11-18(27)7-8-20-21-12-24-29(23(34)15-31,28(21,2)13-22(33)25(20)27)36-26(35-24)17-5-3-16(14-30)4-6-17/h3-6,9-11,20-22,24-26,30-31,33H,7-8,12-15H2,1-2H3/t20-,21-,22-,24+,25+,26-,27-,28-,29+/m0/s1. The van der Waals surface area contributed by atoms with E-state index in [1.807, 2.05) is 25.1 Å². The monoisotopic (exact) mass is 494 g/mol. The average molecular weight is 495 g/mol. The van der Waals surface area contributed by atoms with Crippen LogP contribution in [-0.4, -0.2) is 51.3 Å². The van der Waals surface area contributed by atoms with Crippen LogP contribution in [0.15, 0.2) is 48.1 Å². The molecule has 1 heterocycles. The molecule has 0 amide bonds. The average Bonchev–Trinajstić information content (AvgIpc) is 3.37.